The first-order valence-electron chi connectivity index (χ1n) is 14.2. The largest absolute Gasteiger partial charge is 0.481 e. The first-order valence-corrected chi connectivity index (χ1v) is 15.0. The number of pyridine rings is 1. The second-order valence-electron chi connectivity index (χ2n) is 11.0. The van der Waals surface area contributed by atoms with Crippen molar-refractivity contribution >= 4 is 34.8 Å². The molecule has 6 rings (SSSR count). The second kappa shape index (κ2) is 12.4. The van der Waals surface area contributed by atoms with Crippen LogP contribution in [0.25, 0.3) is 22.4 Å². The second-order valence-corrected chi connectivity index (χ2v) is 11.7. The predicted octanol–water partition coefficient (Wildman–Crippen LogP) is 3.11. The number of fused-ring (bicyclic) bond motifs is 1. The number of ether oxygens (including phenoxy) is 2. The van der Waals surface area contributed by atoms with Gasteiger partial charge in [0.2, 0.25) is 11.6 Å². The van der Waals surface area contributed by atoms with Crippen molar-refractivity contribution in [1.82, 2.24) is 24.6 Å². The third-order valence-corrected chi connectivity index (χ3v) is 8.98. The number of aliphatic hydroxyl groups is 1. The van der Waals surface area contributed by atoms with Crippen LogP contribution in [0.5, 0.6) is 5.88 Å². The summed E-state index contributed by atoms with van der Waals surface area (Å²) in [6, 6.07) is 12.4. The minimum atomic E-state index is -0.830. The van der Waals surface area contributed by atoms with E-state index in [0.717, 1.165) is 33.2 Å². The van der Waals surface area contributed by atoms with Gasteiger partial charge in [-0.1, -0.05) is 53.5 Å². The summed E-state index contributed by atoms with van der Waals surface area (Å²) < 4.78 is 12.9. The summed E-state index contributed by atoms with van der Waals surface area (Å²) in [5, 5.41) is 20.8. The fraction of sp³-hybridized carbons (Fsp3) is 0.323. The van der Waals surface area contributed by atoms with Crippen LogP contribution in [0.2, 0.25) is 10.0 Å². The number of hydrogen-bond acceptors (Lipinski definition) is 9. The van der Waals surface area contributed by atoms with Gasteiger partial charge < -0.3 is 25.2 Å². The Labute approximate surface area is 267 Å². The Bertz CT molecular complexity index is 1940. The number of halogens is 2. The number of benzene rings is 2. The molecule has 45 heavy (non-hydrogen) atoms. The first kappa shape index (κ1) is 30.9. The Morgan fingerprint density at radius 1 is 1.07 bits per heavy atom. The molecule has 0 spiro atoms. The number of aromatic nitrogens is 4. The number of nitrogens with one attached hydrogen (secondary N) is 2. The van der Waals surface area contributed by atoms with E-state index in [2.05, 4.69) is 15.7 Å². The number of hydrogen-bond donors (Lipinski definition) is 3. The lowest BCUT2D eigenvalue weighted by Gasteiger charge is -2.22. The lowest BCUT2D eigenvalue weighted by Crippen LogP contribution is -2.43. The van der Waals surface area contributed by atoms with Crippen molar-refractivity contribution in [2.75, 3.05) is 25.6 Å². The Kier molecular flexibility index (Phi) is 8.51. The topological polar surface area (TPSA) is 150 Å². The van der Waals surface area contributed by atoms with E-state index in [1.54, 1.807) is 25.3 Å². The van der Waals surface area contributed by atoms with E-state index in [9.17, 15) is 19.5 Å². The van der Waals surface area contributed by atoms with Gasteiger partial charge in [0.15, 0.2) is 0 Å². The summed E-state index contributed by atoms with van der Waals surface area (Å²) in [6.07, 6.45) is 1.05. The van der Waals surface area contributed by atoms with Gasteiger partial charge in [0.1, 0.15) is 0 Å². The lowest BCUT2D eigenvalue weighted by molar-refractivity contribution is 0.101. The quantitative estimate of drug-likeness (QED) is 0.274. The van der Waals surface area contributed by atoms with Gasteiger partial charge in [-0.2, -0.15) is 5.10 Å². The highest BCUT2D eigenvalue weighted by atomic mass is 35.5. The van der Waals surface area contributed by atoms with Crippen LogP contribution in [0.15, 0.2) is 52.1 Å². The van der Waals surface area contributed by atoms with Gasteiger partial charge >= 0.3 is 5.69 Å². The summed E-state index contributed by atoms with van der Waals surface area (Å²) in [5.41, 5.74) is 2.75. The van der Waals surface area contributed by atoms with Gasteiger partial charge in [-0.05, 0) is 30.5 Å². The molecule has 1 aliphatic heterocycles. The standard InChI is InChI=1S/C31H30Cl2N6O6/c1-38-30(42)27(37-39(2)31(38)43)28(41)35-20-9-5-7-17(26(20)33)16-6-4-8-18(25(16)32)21-12-15-10-11-19(24(15)29(36-21)44-3)34-22-13-45-14-23(22)40/h4-9,12,19,22-23,34,40H,10-11,13-14H2,1-3H3,(H,35,41)/t19-,22-,23-/m1/s1. The molecular weight excluding hydrogens is 623 g/mol. The fourth-order valence-electron chi connectivity index (χ4n) is 5.82. The number of nitrogens with zero attached hydrogens (tertiary/aromatic N) is 4. The first-order chi connectivity index (χ1) is 21.6. The number of amides is 1. The highest BCUT2D eigenvalue weighted by Gasteiger charge is 2.34. The van der Waals surface area contributed by atoms with Crippen molar-refractivity contribution in [3.63, 3.8) is 0 Å². The third kappa shape index (κ3) is 5.64. The van der Waals surface area contributed by atoms with Crippen LogP contribution in [0.3, 0.4) is 0 Å². The van der Waals surface area contributed by atoms with E-state index in [-0.39, 0.29) is 22.8 Å². The SMILES string of the molecule is COc1nc(-c2cccc(-c3cccc(NC(=O)c4nn(C)c(=O)n(C)c4=O)c3Cl)c2Cl)cc2c1[C@H](N[C@@H]1COC[C@H]1O)CC2. The number of anilines is 1. The van der Waals surface area contributed by atoms with E-state index < -0.39 is 29.0 Å². The van der Waals surface area contributed by atoms with Gasteiger partial charge in [-0.15, -0.1) is 0 Å². The molecule has 0 radical (unpaired) electrons. The minimum absolute atomic E-state index is 0.0347. The summed E-state index contributed by atoms with van der Waals surface area (Å²) in [4.78, 5) is 42.4. The Morgan fingerprint density at radius 3 is 2.49 bits per heavy atom. The van der Waals surface area contributed by atoms with Crippen molar-refractivity contribution in [3.05, 3.63) is 90.2 Å². The Morgan fingerprint density at radius 2 is 1.78 bits per heavy atom. The van der Waals surface area contributed by atoms with Crippen molar-refractivity contribution in [2.45, 2.75) is 31.0 Å². The normalized spacial score (nSPS) is 19.0. The molecule has 1 aliphatic carbocycles. The molecule has 2 aliphatic rings. The summed E-state index contributed by atoms with van der Waals surface area (Å²) in [7, 11) is 4.19. The van der Waals surface area contributed by atoms with Crippen molar-refractivity contribution in [1.29, 1.82) is 0 Å². The zero-order valence-electron chi connectivity index (χ0n) is 24.6. The maximum absolute atomic E-state index is 13.0. The number of carbonyl (C=O) groups excluding carboxylic acids is 1. The molecule has 0 unspecified atom stereocenters. The van der Waals surface area contributed by atoms with Crippen LogP contribution in [0, 0.1) is 0 Å². The molecule has 3 N–H and O–H groups in total. The Hall–Kier alpha value is -4.07. The molecule has 2 aromatic heterocycles. The number of rotatable bonds is 7. The van der Waals surface area contributed by atoms with Crippen LogP contribution in [-0.4, -0.2) is 62.8 Å². The van der Waals surface area contributed by atoms with Gasteiger partial charge in [0.05, 0.1) is 53.9 Å². The summed E-state index contributed by atoms with van der Waals surface area (Å²) in [6.45, 7) is 0.755. The maximum atomic E-state index is 13.0. The Balaban J connectivity index is 1.32. The lowest BCUT2D eigenvalue weighted by atomic mass is 9.99. The van der Waals surface area contributed by atoms with E-state index in [1.807, 2.05) is 24.3 Å². The number of aryl methyl sites for hydroxylation is 2. The fourth-order valence-corrected chi connectivity index (χ4v) is 6.42. The molecule has 12 nitrogen and oxygen atoms in total. The van der Waals surface area contributed by atoms with Crippen molar-refractivity contribution in [2.24, 2.45) is 14.1 Å². The van der Waals surface area contributed by atoms with Gasteiger partial charge in [-0.3, -0.25) is 14.2 Å². The minimum Gasteiger partial charge on any atom is -0.481 e. The molecular formula is C31H30Cl2N6O6. The molecule has 234 valence electrons. The molecule has 2 aromatic carbocycles. The van der Waals surface area contributed by atoms with E-state index in [4.69, 9.17) is 37.7 Å². The average Bonchev–Trinajstić information content (AvgIpc) is 3.64. The summed E-state index contributed by atoms with van der Waals surface area (Å²) in [5.74, 6) is -0.337. The predicted molar refractivity (Wildman–Crippen MR) is 169 cm³/mol. The molecule has 0 bridgehead atoms. The molecule has 14 heteroatoms. The van der Waals surface area contributed by atoms with Crippen molar-refractivity contribution < 1.29 is 19.4 Å². The van der Waals surface area contributed by atoms with Gasteiger partial charge in [0.25, 0.3) is 11.5 Å². The molecule has 3 atom stereocenters. The highest BCUT2D eigenvalue weighted by Crippen LogP contribution is 2.44. The van der Waals surface area contributed by atoms with E-state index in [1.165, 1.54) is 14.1 Å². The smallest absolute Gasteiger partial charge is 0.346 e. The van der Waals surface area contributed by atoms with Gasteiger partial charge in [-0.25, -0.2) is 14.5 Å². The maximum Gasteiger partial charge on any atom is 0.346 e. The van der Waals surface area contributed by atoms with Crippen molar-refractivity contribution in [3.8, 4) is 28.3 Å². The monoisotopic (exact) mass is 652 g/mol. The molecule has 1 amide bonds. The third-order valence-electron chi connectivity index (χ3n) is 8.17. The zero-order chi connectivity index (χ0) is 32.0. The van der Waals surface area contributed by atoms with Crippen LogP contribution in [0.4, 0.5) is 5.69 Å². The van der Waals surface area contributed by atoms with Crippen LogP contribution < -0.4 is 26.6 Å². The summed E-state index contributed by atoms with van der Waals surface area (Å²) >= 11 is 13.8. The molecule has 0 saturated carbocycles. The highest BCUT2D eigenvalue weighted by molar-refractivity contribution is 6.39. The molecule has 1 fully saturated rings. The molecule has 3 heterocycles. The average molecular weight is 654 g/mol. The molecule has 1 saturated heterocycles. The van der Waals surface area contributed by atoms with E-state index >= 15 is 0 Å². The number of aliphatic hydroxyl groups excluding tert-OH is 1. The number of carbonyl (C=O) groups is 1. The zero-order valence-corrected chi connectivity index (χ0v) is 26.1. The van der Waals surface area contributed by atoms with E-state index in [0.29, 0.717) is 46.5 Å². The number of methoxy groups -OCH3 is 1. The van der Waals surface area contributed by atoms with Gasteiger partial charge in [0, 0.05) is 42.4 Å². The van der Waals surface area contributed by atoms with Crippen LogP contribution in [-0.2, 0) is 25.3 Å². The van der Waals surface area contributed by atoms with Crippen LogP contribution in [0.1, 0.15) is 34.1 Å². The van der Waals surface area contributed by atoms with Crippen LogP contribution >= 0.6 is 23.2 Å². The molecule has 4 aromatic rings.